The lowest BCUT2D eigenvalue weighted by Crippen LogP contribution is -2.07. The molecule has 1 aromatic carbocycles. The molecule has 94 valence electrons. The molecule has 1 aliphatic carbocycles. The van der Waals surface area contributed by atoms with Crippen molar-refractivity contribution >= 4 is 5.97 Å². The minimum absolute atomic E-state index is 0.248. The van der Waals surface area contributed by atoms with E-state index in [1.165, 1.54) is 12.1 Å². The maximum Gasteiger partial charge on any atom is 0.335 e. The van der Waals surface area contributed by atoms with Crippen LogP contribution < -0.4 is 0 Å². The Balaban J connectivity index is 2.01. The summed E-state index contributed by atoms with van der Waals surface area (Å²) < 4.78 is 12.8. The van der Waals surface area contributed by atoms with Gasteiger partial charge in [0.2, 0.25) is 0 Å². The van der Waals surface area contributed by atoms with E-state index in [0.717, 1.165) is 30.4 Å². The lowest BCUT2D eigenvalue weighted by atomic mass is 9.93. The number of carboxylic acid groups (broad SMARTS) is 1. The number of hydrogen-bond acceptors (Lipinski definition) is 1. The molecule has 2 nitrogen and oxygen atoms in total. The van der Waals surface area contributed by atoms with E-state index in [0.29, 0.717) is 12.0 Å². The molecule has 0 saturated carbocycles. The molecule has 0 aliphatic heterocycles. The summed E-state index contributed by atoms with van der Waals surface area (Å²) in [6.07, 6.45) is 6.88. The van der Waals surface area contributed by atoms with Gasteiger partial charge in [-0.1, -0.05) is 24.3 Å². The molecule has 18 heavy (non-hydrogen) atoms. The molecule has 0 unspecified atom stereocenters. The average Bonchev–Trinajstić information content (AvgIpc) is 2.38. The van der Waals surface area contributed by atoms with Crippen LogP contribution in [0.1, 0.15) is 24.8 Å². The van der Waals surface area contributed by atoms with Gasteiger partial charge in [-0.2, -0.15) is 0 Å². The lowest BCUT2D eigenvalue weighted by Gasteiger charge is -2.12. The zero-order valence-corrected chi connectivity index (χ0v) is 10.0. The van der Waals surface area contributed by atoms with Crippen molar-refractivity contribution in [3.63, 3.8) is 0 Å². The van der Waals surface area contributed by atoms with Crippen molar-refractivity contribution in [1.82, 2.24) is 0 Å². The second kappa shape index (κ2) is 5.63. The van der Waals surface area contributed by atoms with Gasteiger partial charge < -0.3 is 5.11 Å². The van der Waals surface area contributed by atoms with E-state index in [1.54, 1.807) is 18.2 Å². The number of aryl methyl sites for hydroxylation is 1. The summed E-state index contributed by atoms with van der Waals surface area (Å²) in [6, 6.07) is 6.34. The third-order valence-corrected chi connectivity index (χ3v) is 3.08. The van der Waals surface area contributed by atoms with Crippen LogP contribution >= 0.6 is 0 Å². The van der Waals surface area contributed by atoms with Crippen LogP contribution in [0.5, 0.6) is 0 Å². The number of carbonyl (C=O) groups is 1. The highest BCUT2D eigenvalue weighted by atomic mass is 19.1. The zero-order chi connectivity index (χ0) is 13.0. The van der Waals surface area contributed by atoms with Gasteiger partial charge in [0.25, 0.3) is 0 Å². The Labute approximate surface area is 105 Å². The number of rotatable bonds is 4. The molecular weight excluding hydrogens is 231 g/mol. The Hall–Kier alpha value is -1.90. The van der Waals surface area contributed by atoms with Crippen LogP contribution in [0.4, 0.5) is 4.39 Å². The molecule has 0 spiro atoms. The first-order valence-corrected chi connectivity index (χ1v) is 6.04. The first-order chi connectivity index (χ1) is 8.66. The molecule has 1 aliphatic rings. The van der Waals surface area contributed by atoms with E-state index in [2.05, 4.69) is 0 Å². The Morgan fingerprint density at radius 2 is 1.78 bits per heavy atom. The molecular formula is C15H15FO2. The van der Waals surface area contributed by atoms with E-state index in [-0.39, 0.29) is 5.82 Å². The molecule has 0 amide bonds. The largest absolute Gasteiger partial charge is 0.478 e. The third-order valence-electron chi connectivity index (χ3n) is 3.08. The van der Waals surface area contributed by atoms with E-state index >= 15 is 0 Å². The van der Waals surface area contributed by atoms with Crippen LogP contribution in [0, 0.1) is 5.82 Å². The van der Waals surface area contributed by atoms with Crippen molar-refractivity contribution in [3.8, 4) is 0 Å². The maximum atomic E-state index is 12.8. The van der Waals surface area contributed by atoms with Crippen LogP contribution in [0.15, 0.2) is 47.6 Å². The summed E-state index contributed by atoms with van der Waals surface area (Å²) in [5.41, 5.74) is 2.33. The Kier molecular flexibility index (Phi) is 3.92. The molecule has 0 atom stereocenters. The predicted molar refractivity (Wildman–Crippen MR) is 67.8 cm³/mol. The van der Waals surface area contributed by atoms with Crippen molar-refractivity contribution in [1.29, 1.82) is 0 Å². The molecule has 1 N–H and O–H groups in total. The minimum Gasteiger partial charge on any atom is -0.478 e. The lowest BCUT2D eigenvalue weighted by molar-refractivity contribution is -0.132. The van der Waals surface area contributed by atoms with Crippen LogP contribution in [-0.4, -0.2) is 11.1 Å². The first-order valence-electron chi connectivity index (χ1n) is 6.04. The van der Waals surface area contributed by atoms with Crippen molar-refractivity contribution < 1.29 is 14.3 Å². The smallest absolute Gasteiger partial charge is 0.335 e. The fraction of sp³-hybridized carbons (Fsp3) is 0.267. The van der Waals surface area contributed by atoms with E-state index in [9.17, 15) is 9.18 Å². The summed E-state index contributed by atoms with van der Waals surface area (Å²) in [7, 11) is 0. The van der Waals surface area contributed by atoms with Crippen LogP contribution in [0.2, 0.25) is 0 Å². The SMILES string of the molecule is O=C(O)C1=CCCC=C1CCc1ccc(F)cc1. The fourth-order valence-corrected chi connectivity index (χ4v) is 2.12. The predicted octanol–water partition coefficient (Wildman–Crippen LogP) is 3.49. The number of allylic oxidation sites excluding steroid dienone is 2. The topological polar surface area (TPSA) is 37.3 Å². The molecule has 0 saturated heterocycles. The minimum atomic E-state index is -0.861. The van der Waals surface area contributed by atoms with Gasteiger partial charge in [0.15, 0.2) is 0 Å². The van der Waals surface area contributed by atoms with Crippen LogP contribution in [0.25, 0.3) is 0 Å². The van der Waals surface area contributed by atoms with E-state index in [4.69, 9.17) is 5.11 Å². The van der Waals surface area contributed by atoms with Gasteiger partial charge in [0.05, 0.1) is 5.57 Å². The molecule has 0 bridgehead atoms. The summed E-state index contributed by atoms with van der Waals surface area (Å²) in [6.45, 7) is 0. The van der Waals surface area contributed by atoms with Gasteiger partial charge in [0, 0.05) is 0 Å². The molecule has 2 rings (SSSR count). The van der Waals surface area contributed by atoms with Crippen LogP contribution in [-0.2, 0) is 11.2 Å². The van der Waals surface area contributed by atoms with Gasteiger partial charge in [0.1, 0.15) is 5.82 Å². The van der Waals surface area contributed by atoms with Crippen LogP contribution in [0.3, 0.4) is 0 Å². The van der Waals surface area contributed by atoms with E-state index in [1.807, 2.05) is 6.08 Å². The third kappa shape index (κ3) is 3.06. The van der Waals surface area contributed by atoms with Crippen molar-refractivity contribution in [2.45, 2.75) is 25.7 Å². The number of carboxylic acids is 1. The first kappa shape index (κ1) is 12.6. The highest BCUT2D eigenvalue weighted by Crippen LogP contribution is 2.23. The van der Waals surface area contributed by atoms with Gasteiger partial charge >= 0.3 is 5.97 Å². The monoisotopic (exact) mass is 246 g/mol. The fourth-order valence-electron chi connectivity index (χ4n) is 2.12. The normalized spacial score (nSPS) is 14.9. The maximum absolute atomic E-state index is 12.8. The highest BCUT2D eigenvalue weighted by molar-refractivity contribution is 5.92. The summed E-state index contributed by atoms with van der Waals surface area (Å²) in [5, 5.41) is 9.08. The van der Waals surface area contributed by atoms with Crippen molar-refractivity contribution in [2.75, 3.05) is 0 Å². The molecule has 1 aromatic rings. The summed E-state index contributed by atoms with van der Waals surface area (Å²) in [4.78, 5) is 11.1. The number of aliphatic carboxylic acids is 1. The summed E-state index contributed by atoms with van der Waals surface area (Å²) in [5.74, 6) is -1.11. The number of benzene rings is 1. The standard InChI is InChI=1S/C15H15FO2/c16-13-9-6-11(7-10-13)5-8-12-3-1-2-4-14(12)15(17)18/h3-4,6-7,9-10H,1-2,5,8H2,(H,17,18). The van der Waals surface area contributed by atoms with Gasteiger partial charge in [-0.25, -0.2) is 9.18 Å². The Morgan fingerprint density at radius 3 is 2.44 bits per heavy atom. The molecule has 0 heterocycles. The molecule has 0 aromatic heterocycles. The molecule has 0 radical (unpaired) electrons. The number of hydrogen-bond donors (Lipinski definition) is 1. The van der Waals surface area contributed by atoms with Crippen molar-refractivity contribution in [2.24, 2.45) is 0 Å². The Bertz CT molecular complexity index is 498. The highest BCUT2D eigenvalue weighted by Gasteiger charge is 2.15. The quantitative estimate of drug-likeness (QED) is 0.883. The zero-order valence-electron chi connectivity index (χ0n) is 10.0. The van der Waals surface area contributed by atoms with Gasteiger partial charge in [-0.3, -0.25) is 0 Å². The average molecular weight is 246 g/mol. The Morgan fingerprint density at radius 1 is 1.11 bits per heavy atom. The molecule has 3 heteroatoms. The van der Waals surface area contributed by atoms with Gasteiger partial charge in [-0.15, -0.1) is 0 Å². The second-order valence-corrected chi connectivity index (χ2v) is 4.36. The number of halogens is 1. The van der Waals surface area contributed by atoms with Gasteiger partial charge in [-0.05, 0) is 49.0 Å². The molecule has 0 fully saturated rings. The summed E-state index contributed by atoms with van der Waals surface area (Å²) >= 11 is 0. The second-order valence-electron chi connectivity index (χ2n) is 4.36. The van der Waals surface area contributed by atoms with E-state index < -0.39 is 5.97 Å². The van der Waals surface area contributed by atoms with Crippen molar-refractivity contribution in [3.05, 3.63) is 58.9 Å².